The number of esters is 1. The van der Waals surface area contributed by atoms with Crippen LogP contribution >= 0.6 is 0 Å². The minimum atomic E-state index is -1.04. The van der Waals surface area contributed by atoms with Gasteiger partial charge in [0.1, 0.15) is 11.6 Å². The number of ketones is 2. The number of nitrogens with zero attached hydrogens (tertiary/aromatic N) is 1. The summed E-state index contributed by atoms with van der Waals surface area (Å²) in [5, 5.41) is 10.9. The molecule has 1 unspecified atom stereocenters. The topological polar surface area (TPSA) is 104 Å². The van der Waals surface area contributed by atoms with Crippen molar-refractivity contribution in [3.63, 3.8) is 0 Å². The third kappa shape index (κ3) is 4.21. The predicted molar refractivity (Wildman–Crippen MR) is 77.3 cm³/mol. The number of Topliss-reactive ketones (excluding diaryl/α,β-unsaturated/α-hetero) is 2. The van der Waals surface area contributed by atoms with E-state index in [1.807, 2.05) is 0 Å². The lowest BCUT2D eigenvalue weighted by Crippen LogP contribution is -2.29. The van der Waals surface area contributed by atoms with Gasteiger partial charge >= 0.3 is 5.97 Å². The lowest BCUT2D eigenvalue weighted by molar-refractivity contribution is -0.384. The standard InChI is InChI=1S/C15H17NO6/c1-9(17)15(10(2)18)13(8-14(19)22-3)11-5-4-6-12(7-11)16(20)21/h4-7,13,15H,8H2,1-3H3. The van der Waals surface area contributed by atoms with Crippen molar-refractivity contribution < 1.29 is 24.0 Å². The number of nitro groups is 1. The van der Waals surface area contributed by atoms with Gasteiger partial charge in [-0.1, -0.05) is 12.1 Å². The summed E-state index contributed by atoms with van der Waals surface area (Å²) in [6.07, 6.45) is -0.207. The summed E-state index contributed by atoms with van der Waals surface area (Å²) in [6, 6.07) is 5.58. The summed E-state index contributed by atoms with van der Waals surface area (Å²) in [5.41, 5.74) is 0.216. The molecule has 7 heteroatoms. The number of rotatable bonds is 7. The zero-order valence-electron chi connectivity index (χ0n) is 12.6. The smallest absolute Gasteiger partial charge is 0.306 e. The van der Waals surface area contributed by atoms with Gasteiger partial charge in [-0.2, -0.15) is 0 Å². The Morgan fingerprint density at radius 3 is 2.27 bits per heavy atom. The zero-order valence-corrected chi connectivity index (χ0v) is 12.6. The molecule has 0 aromatic heterocycles. The van der Waals surface area contributed by atoms with Crippen LogP contribution in [0.5, 0.6) is 0 Å². The van der Waals surface area contributed by atoms with Crippen molar-refractivity contribution in [2.24, 2.45) is 5.92 Å². The van der Waals surface area contributed by atoms with Crippen molar-refractivity contribution in [2.45, 2.75) is 26.2 Å². The van der Waals surface area contributed by atoms with Gasteiger partial charge in [0.25, 0.3) is 5.69 Å². The Labute approximate surface area is 127 Å². The van der Waals surface area contributed by atoms with E-state index >= 15 is 0 Å². The SMILES string of the molecule is COC(=O)CC(c1cccc([N+](=O)[O-])c1)C(C(C)=O)C(C)=O. The molecule has 1 aromatic carbocycles. The van der Waals surface area contributed by atoms with E-state index in [2.05, 4.69) is 4.74 Å². The first-order valence-corrected chi connectivity index (χ1v) is 6.60. The Morgan fingerprint density at radius 1 is 1.23 bits per heavy atom. The van der Waals surface area contributed by atoms with E-state index in [0.717, 1.165) is 0 Å². The number of carbonyl (C=O) groups is 3. The third-order valence-electron chi connectivity index (χ3n) is 3.40. The Hall–Kier alpha value is -2.57. The van der Waals surface area contributed by atoms with Crippen LogP contribution in [0.4, 0.5) is 5.69 Å². The molecule has 0 radical (unpaired) electrons. The minimum Gasteiger partial charge on any atom is -0.469 e. The highest BCUT2D eigenvalue weighted by Crippen LogP contribution is 2.32. The number of ether oxygens (including phenoxy) is 1. The van der Waals surface area contributed by atoms with E-state index in [9.17, 15) is 24.5 Å². The van der Waals surface area contributed by atoms with Gasteiger partial charge in [-0.25, -0.2) is 0 Å². The van der Waals surface area contributed by atoms with E-state index in [-0.39, 0.29) is 12.1 Å². The molecule has 0 amide bonds. The quantitative estimate of drug-likeness (QED) is 0.330. The summed E-state index contributed by atoms with van der Waals surface area (Å²) < 4.78 is 4.59. The van der Waals surface area contributed by atoms with Gasteiger partial charge in [0.2, 0.25) is 0 Å². The van der Waals surface area contributed by atoms with Gasteiger partial charge in [-0.3, -0.25) is 24.5 Å². The molecule has 0 aliphatic heterocycles. The maximum Gasteiger partial charge on any atom is 0.306 e. The van der Waals surface area contributed by atoms with E-state index in [4.69, 9.17) is 0 Å². The van der Waals surface area contributed by atoms with Crippen molar-refractivity contribution in [1.29, 1.82) is 0 Å². The number of carbonyl (C=O) groups excluding carboxylic acids is 3. The molecule has 1 aromatic rings. The molecule has 118 valence electrons. The van der Waals surface area contributed by atoms with E-state index in [0.29, 0.717) is 5.56 Å². The summed E-state index contributed by atoms with van der Waals surface area (Å²) in [5.74, 6) is -3.21. The van der Waals surface area contributed by atoms with E-state index < -0.39 is 34.3 Å². The molecule has 1 atom stereocenters. The lowest BCUT2D eigenvalue weighted by Gasteiger charge is -2.22. The molecular formula is C15H17NO6. The van der Waals surface area contributed by atoms with E-state index in [1.165, 1.54) is 39.2 Å². The van der Waals surface area contributed by atoms with Crippen molar-refractivity contribution >= 4 is 23.2 Å². The van der Waals surface area contributed by atoms with Gasteiger partial charge < -0.3 is 4.74 Å². The van der Waals surface area contributed by atoms with Crippen LogP contribution in [-0.4, -0.2) is 29.6 Å². The number of hydrogen-bond acceptors (Lipinski definition) is 6. The molecule has 0 bridgehead atoms. The Kier molecular flexibility index (Phi) is 5.91. The summed E-state index contributed by atoms with van der Waals surface area (Å²) in [4.78, 5) is 45.4. The molecular weight excluding hydrogens is 290 g/mol. The molecule has 0 saturated carbocycles. The normalized spacial score (nSPS) is 11.8. The number of benzene rings is 1. The maximum absolute atomic E-state index is 11.8. The monoisotopic (exact) mass is 307 g/mol. The van der Waals surface area contributed by atoms with Crippen LogP contribution in [-0.2, 0) is 19.1 Å². The molecule has 22 heavy (non-hydrogen) atoms. The minimum absolute atomic E-state index is 0.168. The maximum atomic E-state index is 11.8. The Balaban J connectivity index is 3.33. The van der Waals surface area contributed by atoms with Crippen LogP contribution in [0.3, 0.4) is 0 Å². The first kappa shape index (κ1) is 17.5. The Morgan fingerprint density at radius 2 is 1.82 bits per heavy atom. The number of non-ortho nitro benzene ring substituents is 1. The highest BCUT2D eigenvalue weighted by atomic mass is 16.6. The molecule has 0 spiro atoms. The van der Waals surface area contributed by atoms with Gasteiger partial charge in [-0.15, -0.1) is 0 Å². The van der Waals surface area contributed by atoms with Crippen molar-refractivity contribution in [3.8, 4) is 0 Å². The summed E-state index contributed by atoms with van der Waals surface area (Å²) >= 11 is 0. The fourth-order valence-electron chi connectivity index (χ4n) is 2.41. The molecule has 1 rings (SSSR count). The first-order chi connectivity index (χ1) is 10.3. The van der Waals surface area contributed by atoms with Gasteiger partial charge in [0, 0.05) is 18.1 Å². The highest BCUT2D eigenvalue weighted by molar-refractivity contribution is 6.01. The van der Waals surface area contributed by atoms with Gasteiger partial charge in [-0.05, 0) is 19.4 Å². The van der Waals surface area contributed by atoms with E-state index in [1.54, 1.807) is 6.07 Å². The molecule has 0 fully saturated rings. The number of methoxy groups -OCH3 is 1. The predicted octanol–water partition coefficient (Wildman–Crippen LogP) is 2.04. The molecule has 7 nitrogen and oxygen atoms in total. The van der Waals surface area contributed by atoms with Crippen LogP contribution in [0.2, 0.25) is 0 Å². The van der Waals surface area contributed by atoms with Gasteiger partial charge in [0.05, 0.1) is 24.4 Å². The number of hydrogen-bond donors (Lipinski definition) is 0. The molecule has 0 saturated heterocycles. The first-order valence-electron chi connectivity index (χ1n) is 6.60. The summed E-state index contributed by atoms with van der Waals surface area (Å²) in [6.45, 7) is 2.52. The second-order valence-electron chi connectivity index (χ2n) is 4.94. The largest absolute Gasteiger partial charge is 0.469 e. The van der Waals surface area contributed by atoms with Gasteiger partial charge in [0.15, 0.2) is 0 Å². The fourth-order valence-corrected chi connectivity index (χ4v) is 2.41. The lowest BCUT2D eigenvalue weighted by atomic mass is 9.79. The van der Waals surface area contributed by atoms with Crippen LogP contribution in [0.25, 0.3) is 0 Å². The van der Waals surface area contributed by atoms with Crippen LogP contribution in [0, 0.1) is 16.0 Å². The summed E-state index contributed by atoms with van der Waals surface area (Å²) in [7, 11) is 1.20. The third-order valence-corrected chi connectivity index (χ3v) is 3.40. The average Bonchev–Trinajstić information content (AvgIpc) is 2.45. The second-order valence-corrected chi connectivity index (χ2v) is 4.94. The Bertz CT molecular complexity index is 596. The van der Waals surface area contributed by atoms with Crippen LogP contribution < -0.4 is 0 Å². The highest BCUT2D eigenvalue weighted by Gasteiger charge is 2.33. The molecule has 0 N–H and O–H groups in total. The zero-order chi connectivity index (χ0) is 16.9. The molecule has 0 aliphatic rings. The van der Waals surface area contributed by atoms with Crippen molar-refractivity contribution in [3.05, 3.63) is 39.9 Å². The molecule has 0 aliphatic carbocycles. The van der Waals surface area contributed by atoms with Crippen molar-refractivity contribution in [2.75, 3.05) is 7.11 Å². The van der Waals surface area contributed by atoms with Crippen LogP contribution in [0.15, 0.2) is 24.3 Å². The fraction of sp³-hybridized carbons (Fsp3) is 0.400. The van der Waals surface area contributed by atoms with Crippen molar-refractivity contribution in [1.82, 2.24) is 0 Å². The average molecular weight is 307 g/mol. The number of nitro benzene ring substituents is 1. The molecule has 0 heterocycles. The second kappa shape index (κ2) is 7.44. The van der Waals surface area contributed by atoms with Crippen LogP contribution in [0.1, 0.15) is 31.7 Å².